The number of halogens is 2. The number of benzene rings is 1. The molecule has 0 heterocycles. The van der Waals surface area contributed by atoms with Gasteiger partial charge in [-0.2, -0.15) is 0 Å². The van der Waals surface area contributed by atoms with Crippen molar-refractivity contribution < 1.29 is 18.6 Å². The molecule has 0 aromatic heterocycles. The van der Waals surface area contributed by atoms with Crippen LogP contribution in [-0.4, -0.2) is 17.8 Å². The third-order valence-corrected chi connectivity index (χ3v) is 4.63. The minimum Gasteiger partial charge on any atom is -0.385 e. The highest BCUT2D eigenvalue weighted by molar-refractivity contribution is 5.24. The van der Waals surface area contributed by atoms with Crippen LogP contribution < -0.4 is 0 Å². The lowest BCUT2D eigenvalue weighted by atomic mass is 9.68. The van der Waals surface area contributed by atoms with E-state index in [2.05, 4.69) is 13.8 Å². The van der Waals surface area contributed by atoms with Crippen molar-refractivity contribution in [3.63, 3.8) is 0 Å². The second-order valence-corrected chi connectivity index (χ2v) is 6.48. The predicted molar refractivity (Wildman–Crippen MR) is 73.3 cm³/mol. The molecule has 1 fully saturated rings. The van der Waals surface area contributed by atoms with Gasteiger partial charge in [-0.3, -0.25) is 0 Å². The minimum atomic E-state index is -1.15. The highest BCUT2D eigenvalue weighted by Gasteiger charge is 2.45. The van der Waals surface area contributed by atoms with Crippen molar-refractivity contribution in [2.75, 3.05) is 7.11 Å². The van der Waals surface area contributed by atoms with E-state index in [0.717, 1.165) is 18.9 Å². The van der Waals surface area contributed by atoms with Crippen LogP contribution in [0.25, 0.3) is 0 Å². The van der Waals surface area contributed by atoms with Gasteiger partial charge in [0.25, 0.3) is 0 Å². The van der Waals surface area contributed by atoms with Crippen molar-refractivity contribution in [2.45, 2.75) is 51.2 Å². The molecule has 1 N–H and O–H groups in total. The molecule has 0 bridgehead atoms. The predicted octanol–water partition coefficient (Wildman–Crippen LogP) is 3.98. The van der Waals surface area contributed by atoms with E-state index >= 15 is 0 Å². The van der Waals surface area contributed by atoms with E-state index in [0.29, 0.717) is 12.8 Å². The van der Waals surface area contributed by atoms with Crippen LogP contribution in [0, 0.1) is 17.0 Å². The Morgan fingerprint density at radius 3 is 2.30 bits per heavy atom. The molecular formula is C16H22F2O2. The van der Waals surface area contributed by atoms with Crippen LogP contribution in [0.4, 0.5) is 8.78 Å². The zero-order valence-corrected chi connectivity index (χ0v) is 12.2. The van der Waals surface area contributed by atoms with Crippen molar-refractivity contribution in [1.29, 1.82) is 0 Å². The summed E-state index contributed by atoms with van der Waals surface area (Å²) in [6.45, 7) is 4.34. The largest absolute Gasteiger partial charge is 0.385 e. The number of aliphatic hydroxyl groups is 1. The van der Waals surface area contributed by atoms with Gasteiger partial charge in [-0.05, 0) is 37.2 Å². The van der Waals surface area contributed by atoms with Gasteiger partial charge in [0.15, 0.2) is 11.6 Å². The quantitative estimate of drug-likeness (QED) is 0.909. The molecule has 1 atom stereocenters. The molecule has 2 rings (SSSR count). The van der Waals surface area contributed by atoms with Crippen molar-refractivity contribution in [3.8, 4) is 0 Å². The van der Waals surface area contributed by atoms with Gasteiger partial charge in [0.1, 0.15) is 6.10 Å². The molecule has 1 aliphatic carbocycles. The van der Waals surface area contributed by atoms with Crippen LogP contribution in [0.15, 0.2) is 18.2 Å². The Morgan fingerprint density at radius 2 is 1.75 bits per heavy atom. The van der Waals surface area contributed by atoms with Gasteiger partial charge in [0, 0.05) is 12.7 Å². The topological polar surface area (TPSA) is 29.5 Å². The smallest absolute Gasteiger partial charge is 0.164 e. The Labute approximate surface area is 118 Å². The maximum atomic E-state index is 13.9. The first-order valence-electron chi connectivity index (χ1n) is 6.98. The summed E-state index contributed by atoms with van der Waals surface area (Å²) in [5, 5.41) is 10.5. The van der Waals surface area contributed by atoms with Gasteiger partial charge in [-0.25, -0.2) is 8.78 Å². The Kier molecular flexibility index (Phi) is 4.17. The fourth-order valence-electron chi connectivity index (χ4n) is 2.95. The van der Waals surface area contributed by atoms with Crippen LogP contribution in [0.1, 0.15) is 51.2 Å². The molecule has 1 aliphatic rings. The molecule has 1 aromatic rings. The molecule has 4 heteroatoms. The van der Waals surface area contributed by atoms with Crippen LogP contribution in [0.2, 0.25) is 0 Å². The lowest BCUT2D eigenvalue weighted by Crippen LogP contribution is -2.44. The highest BCUT2D eigenvalue weighted by atomic mass is 19.2. The van der Waals surface area contributed by atoms with E-state index in [4.69, 9.17) is 4.74 Å². The first-order chi connectivity index (χ1) is 9.31. The van der Waals surface area contributed by atoms with Gasteiger partial charge in [0.05, 0.1) is 5.60 Å². The van der Waals surface area contributed by atoms with E-state index < -0.39 is 23.3 Å². The average Bonchev–Trinajstić information content (AvgIpc) is 2.42. The average molecular weight is 284 g/mol. The maximum Gasteiger partial charge on any atom is 0.164 e. The van der Waals surface area contributed by atoms with Gasteiger partial charge < -0.3 is 9.84 Å². The number of hydrogen-bond acceptors (Lipinski definition) is 2. The molecule has 1 saturated carbocycles. The van der Waals surface area contributed by atoms with Gasteiger partial charge in [0.2, 0.25) is 0 Å². The molecule has 20 heavy (non-hydrogen) atoms. The van der Waals surface area contributed by atoms with Gasteiger partial charge in [-0.15, -0.1) is 0 Å². The van der Waals surface area contributed by atoms with Crippen molar-refractivity contribution >= 4 is 0 Å². The van der Waals surface area contributed by atoms with Crippen molar-refractivity contribution in [2.24, 2.45) is 5.41 Å². The Morgan fingerprint density at radius 1 is 1.15 bits per heavy atom. The summed E-state index contributed by atoms with van der Waals surface area (Å²) in [6, 6.07) is 3.88. The summed E-state index contributed by atoms with van der Waals surface area (Å²) < 4.78 is 32.8. The number of aliphatic hydroxyl groups excluding tert-OH is 1. The van der Waals surface area contributed by atoms with Crippen LogP contribution >= 0.6 is 0 Å². The first kappa shape index (κ1) is 15.4. The van der Waals surface area contributed by atoms with Crippen molar-refractivity contribution in [3.05, 3.63) is 35.4 Å². The van der Waals surface area contributed by atoms with E-state index in [-0.39, 0.29) is 11.0 Å². The Hall–Kier alpha value is -1.00. The van der Waals surface area contributed by atoms with Crippen molar-refractivity contribution in [1.82, 2.24) is 0 Å². The Balaban J connectivity index is 2.30. The highest BCUT2D eigenvalue weighted by Crippen LogP contribution is 2.47. The summed E-state index contributed by atoms with van der Waals surface area (Å²) in [6.07, 6.45) is 1.88. The van der Waals surface area contributed by atoms with Crippen LogP contribution in [-0.2, 0) is 4.74 Å². The second-order valence-electron chi connectivity index (χ2n) is 6.48. The molecule has 1 unspecified atom stereocenters. The molecule has 0 amide bonds. The summed E-state index contributed by atoms with van der Waals surface area (Å²) in [7, 11) is 1.53. The fourth-order valence-corrected chi connectivity index (χ4v) is 2.95. The zero-order valence-electron chi connectivity index (χ0n) is 12.2. The maximum absolute atomic E-state index is 13.9. The monoisotopic (exact) mass is 284 g/mol. The van der Waals surface area contributed by atoms with E-state index in [1.807, 2.05) is 0 Å². The molecular weight excluding hydrogens is 262 g/mol. The molecule has 2 nitrogen and oxygen atoms in total. The number of hydrogen-bond donors (Lipinski definition) is 1. The third kappa shape index (κ3) is 2.72. The molecule has 0 aliphatic heterocycles. The molecule has 0 radical (unpaired) electrons. The summed E-state index contributed by atoms with van der Waals surface area (Å²) in [4.78, 5) is 0. The number of rotatable bonds is 3. The fraction of sp³-hybridized carbons (Fsp3) is 0.625. The lowest BCUT2D eigenvalue weighted by molar-refractivity contribution is -0.139. The van der Waals surface area contributed by atoms with E-state index in [9.17, 15) is 13.9 Å². The minimum absolute atomic E-state index is 0.0217. The SMILES string of the molecule is COC1(C(O)c2cccc(F)c2F)CCC(C)(C)CC1. The zero-order chi connectivity index (χ0) is 15.0. The third-order valence-electron chi connectivity index (χ3n) is 4.63. The second kappa shape index (κ2) is 5.41. The number of methoxy groups -OCH3 is 1. The van der Waals surface area contributed by atoms with Gasteiger partial charge >= 0.3 is 0 Å². The molecule has 1 aromatic carbocycles. The van der Waals surface area contributed by atoms with Crippen LogP contribution in [0.3, 0.4) is 0 Å². The standard InChI is InChI=1S/C16H22F2O2/c1-15(2)7-9-16(20-3,10-8-15)14(19)11-5-4-6-12(17)13(11)18/h4-6,14,19H,7-10H2,1-3H3. The van der Waals surface area contributed by atoms with Crippen LogP contribution in [0.5, 0.6) is 0 Å². The molecule has 112 valence electrons. The van der Waals surface area contributed by atoms with E-state index in [1.54, 1.807) is 0 Å². The van der Waals surface area contributed by atoms with E-state index in [1.165, 1.54) is 19.2 Å². The first-order valence-corrected chi connectivity index (χ1v) is 6.98. The molecule has 0 spiro atoms. The summed E-state index contributed by atoms with van der Waals surface area (Å²) in [5.74, 6) is -1.93. The molecule has 0 saturated heterocycles. The normalized spacial score (nSPS) is 22.5. The Bertz CT molecular complexity index is 475. The summed E-state index contributed by atoms with van der Waals surface area (Å²) >= 11 is 0. The summed E-state index contributed by atoms with van der Waals surface area (Å²) in [5.41, 5.74) is -0.654. The lowest BCUT2D eigenvalue weighted by Gasteiger charge is -2.45. The van der Waals surface area contributed by atoms with Gasteiger partial charge in [-0.1, -0.05) is 26.0 Å². The number of ether oxygens (including phenoxy) is 1.